The van der Waals surface area contributed by atoms with Gasteiger partial charge in [-0.3, -0.25) is 14.4 Å². The number of carbonyl (C=O) groups excluding carboxylic acids is 3. The molecular formula is C76H130O6. The number of hydrogen-bond acceptors (Lipinski definition) is 6. The predicted molar refractivity (Wildman–Crippen MR) is 357 cm³/mol. The van der Waals surface area contributed by atoms with Crippen molar-refractivity contribution in [2.45, 2.75) is 341 Å². The van der Waals surface area contributed by atoms with Crippen LogP contribution in [0.15, 0.2) is 109 Å². The van der Waals surface area contributed by atoms with E-state index in [9.17, 15) is 14.4 Å². The number of allylic oxidation sites excluding steroid dienone is 18. The lowest BCUT2D eigenvalue weighted by Gasteiger charge is -2.18. The molecule has 6 heteroatoms. The first-order valence-electron chi connectivity index (χ1n) is 34.9. The van der Waals surface area contributed by atoms with E-state index in [1.54, 1.807) is 0 Å². The first kappa shape index (κ1) is 78.1. The zero-order chi connectivity index (χ0) is 59.2. The lowest BCUT2D eigenvalue weighted by molar-refractivity contribution is -0.167. The average molecular weight is 1140 g/mol. The summed E-state index contributed by atoms with van der Waals surface area (Å²) in [5.74, 6) is -0.898. The Morgan fingerprint density at radius 3 is 0.780 bits per heavy atom. The minimum absolute atomic E-state index is 0.0857. The standard InChI is InChI=1S/C76H130O6/c1-4-7-10-13-16-19-22-25-28-30-32-34-35-36-37-38-39-40-41-43-44-46-48-51-54-57-60-63-66-69-75(78)81-72-73(71-80-74(77)68-65-62-59-56-53-50-27-24-21-18-15-12-9-6-3)82-76(79)70-67-64-61-58-55-52-49-47-45-42-33-31-29-26-23-20-17-14-11-8-5-2/h8,11,15,17-18,20,22,24-27,29-30,32-33,35-36,42,73H,4-7,9-10,12-14,16,19,21,23,28,31,34,37-41,43-72H2,1-3H3/b11-8-,18-15-,20-17-,25-22-,27-24-,29-26-,32-30-,36-35-,42-33-. The molecule has 0 aromatic carbocycles. The minimum Gasteiger partial charge on any atom is -0.462 e. The zero-order valence-electron chi connectivity index (χ0n) is 54.0. The smallest absolute Gasteiger partial charge is 0.306 e. The van der Waals surface area contributed by atoms with E-state index in [1.807, 2.05) is 0 Å². The molecule has 0 saturated heterocycles. The van der Waals surface area contributed by atoms with Crippen molar-refractivity contribution >= 4 is 17.9 Å². The van der Waals surface area contributed by atoms with Gasteiger partial charge in [0.15, 0.2) is 6.10 Å². The molecule has 0 bridgehead atoms. The minimum atomic E-state index is -0.792. The maximum atomic E-state index is 12.9. The molecule has 1 atom stereocenters. The summed E-state index contributed by atoms with van der Waals surface area (Å²) < 4.78 is 17.0. The second kappa shape index (κ2) is 69.6. The van der Waals surface area contributed by atoms with E-state index in [4.69, 9.17) is 14.2 Å². The third kappa shape index (κ3) is 66.9. The summed E-state index contributed by atoms with van der Waals surface area (Å²) in [4.78, 5) is 38.4. The maximum Gasteiger partial charge on any atom is 0.306 e. The van der Waals surface area contributed by atoms with Crippen molar-refractivity contribution in [3.63, 3.8) is 0 Å². The fraction of sp³-hybridized carbons (Fsp3) is 0.724. The molecule has 0 aliphatic carbocycles. The second-order valence-corrected chi connectivity index (χ2v) is 23.1. The highest BCUT2D eigenvalue weighted by Crippen LogP contribution is 2.17. The topological polar surface area (TPSA) is 78.9 Å². The van der Waals surface area contributed by atoms with Gasteiger partial charge in [0, 0.05) is 19.3 Å². The van der Waals surface area contributed by atoms with Crippen LogP contribution >= 0.6 is 0 Å². The predicted octanol–water partition coefficient (Wildman–Crippen LogP) is 24.2. The van der Waals surface area contributed by atoms with Crippen LogP contribution in [-0.2, 0) is 28.6 Å². The molecule has 470 valence electrons. The van der Waals surface area contributed by atoms with Gasteiger partial charge < -0.3 is 14.2 Å². The molecular weight excluding hydrogens is 1010 g/mol. The molecule has 0 aromatic rings. The SMILES string of the molecule is CC/C=C\C/C=C\C/C=C\C/C=C\CCCCCCCCCCC(=O)OC(COC(=O)CCCCCCC/C=C\C/C=C\CCCC)COC(=O)CCCCCCCCCCCCCCCC/C=C\C/C=C\C/C=C\CCCCCCC. The summed E-state index contributed by atoms with van der Waals surface area (Å²) in [6.45, 7) is 6.49. The first-order chi connectivity index (χ1) is 40.5. The molecule has 6 nitrogen and oxygen atoms in total. The molecule has 0 rings (SSSR count). The molecule has 0 spiro atoms. The lowest BCUT2D eigenvalue weighted by Crippen LogP contribution is -2.30. The fourth-order valence-corrected chi connectivity index (χ4v) is 9.75. The third-order valence-electron chi connectivity index (χ3n) is 15.0. The van der Waals surface area contributed by atoms with E-state index >= 15 is 0 Å². The van der Waals surface area contributed by atoms with Crippen LogP contribution < -0.4 is 0 Å². The van der Waals surface area contributed by atoms with Crippen LogP contribution in [0.2, 0.25) is 0 Å². The molecule has 0 heterocycles. The molecule has 0 fully saturated rings. The molecule has 1 unspecified atom stereocenters. The van der Waals surface area contributed by atoms with E-state index in [0.717, 1.165) is 128 Å². The van der Waals surface area contributed by atoms with Crippen LogP contribution in [0.25, 0.3) is 0 Å². The Morgan fingerprint density at radius 2 is 0.488 bits per heavy atom. The van der Waals surface area contributed by atoms with Gasteiger partial charge in [-0.25, -0.2) is 0 Å². The van der Waals surface area contributed by atoms with Gasteiger partial charge in [0.05, 0.1) is 0 Å². The van der Waals surface area contributed by atoms with Gasteiger partial charge >= 0.3 is 17.9 Å². The highest BCUT2D eigenvalue weighted by Gasteiger charge is 2.19. The molecule has 0 radical (unpaired) electrons. The number of esters is 3. The number of ether oxygens (including phenoxy) is 3. The van der Waals surface area contributed by atoms with Crippen molar-refractivity contribution in [1.82, 2.24) is 0 Å². The second-order valence-electron chi connectivity index (χ2n) is 23.1. The van der Waals surface area contributed by atoms with E-state index in [2.05, 4.69) is 130 Å². The lowest BCUT2D eigenvalue weighted by atomic mass is 10.0. The molecule has 0 saturated carbocycles. The summed E-state index contributed by atoms with van der Waals surface area (Å²) in [5.41, 5.74) is 0. The summed E-state index contributed by atoms with van der Waals surface area (Å²) in [6.07, 6.45) is 95.4. The Bertz CT molecular complexity index is 1640. The summed E-state index contributed by atoms with van der Waals surface area (Å²) in [7, 11) is 0. The Kier molecular flexibility index (Phi) is 66.2. The van der Waals surface area contributed by atoms with Crippen LogP contribution in [0.3, 0.4) is 0 Å². The first-order valence-corrected chi connectivity index (χ1v) is 34.9. The molecule has 0 aliphatic heterocycles. The van der Waals surface area contributed by atoms with Crippen LogP contribution in [0.1, 0.15) is 335 Å². The van der Waals surface area contributed by atoms with E-state index in [0.29, 0.717) is 19.3 Å². The van der Waals surface area contributed by atoms with Gasteiger partial charge in [-0.2, -0.15) is 0 Å². The van der Waals surface area contributed by atoms with E-state index in [1.165, 1.54) is 167 Å². The van der Waals surface area contributed by atoms with Gasteiger partial charge in [0.25, 0.3) is 0 Å². The maximum absolute atomic E-state index is 12.9. The average Bonchev–Trinajstić information content (AvgIpc) is 3.47. The van der Waals surface area contributed by atoms with E-state index < -0.39 is 6.10 Å². The monoisotopic (exact) mass is 1140 g/mol. The van der Waals surface area contributed by atoms with Crippen LogP contribution in [0, 0.1) is 0 Å². The normalized spacial score (nSPS) is 12.8. The Hall–Kier alpha value is -3.93. The zero-order valence-corrected chi connectivity index (χ0v) is 54.0. The van der Waals surface area contributed by atoms with Crippen molar-refractivity contribution in [2.75, 3.05) is 13.2 Å². The van der Waals surface area contributed by atoms with Gasteiger partial charge in [0.1, 0.15) is 13.2 Å². The van der Waals surface area contributed by atoms with Gasteiger partial charge in [0.2, 0.25) is 0 Å². The molecule has 0 aliphatic rings. The Morgan fingerprint density at radius 1 is 0.256 bits per heavy atom. The summed E-state index contributed by atoms with van der Waals surface area (Å²) in [6, 6.07) is 0. The van der Waals surface area contributed by atoms with Gasteiger partial charge in [-0.1, -0.05) is 304 Å². The highest BCUT2D eigenvalue weighted by molar-refractivity contribution is 5.71. The number of carbonyl (C=O) groups is 3. The van der Waals surface area contributed by atoms with Crippen molar-refractivity contribution < 1.29 is 28.6 Å². The number of hydrogen-bond donors (Lipinski definition) is 0. The van der Waals surface area contributed by atoms with Crippen LogP contribution in [0.4, 0.5) is 0 Å². The third-order valence-corrected chi connectivity index (χ3v) is 15.0. The van der Waals surface area contributed by atoms with Crippen molar-refractivity contribution in [3.05, 3.63) is 109 Å². The molecule has 0 N–H and O–H groups in total. The van der Waals surface area contributed by atoms with Crippen molar-refractivity contribution in [2.24, 2.45) is 0 Å². The largest absolute Gasteiger partial charge is 0.462 e. The summed E-state index contributed by atoms with van der Waals surface area (Å²) in [5, 5.41) is 0. The van der Waals surface area contributed by atoms with Crippen LogP contribution in [-0.4, -0.2) is 37.2 Å². The highest BCUT2D eigenvalue weighted by atomic mass is 16.6. The molecule has 0 amide bonds. The fourth-order valence-electron chi connectivity index (χ4n) is 9.75. The number of unbranched alkanes of at least 4 members (excludes halogenated alkanes) is 34. The van der Waals surface area contributed by atoms with Crippen molar-refractivity contribution in [3.8, 4) is 0 Å². The number of rotatable bonds is 63. The van der Waals surface area contributed by atoms with Crippen LogP contribution in [0.5, 0.6) is 0 Å². The summed E-state index contributed by atoms with van der Waals surface area (Å²) >= 11 is 0. The van der Waals surface area contributed by atoms with Gasteiger partial charge in [-0.05, 0) is 122 Å². The van der Waals surface area contributed by atoms with Gasteiger partial charge in [-0.15, -0.1) is 0 Å². The molecule has 82 heavy (non-hydrogen) atoms. The Balaban J connectivity index is 4.30. The quantitative estimate of drug-likeness (QED) is 0.0261. The Labute approximate surface area is 508 Å². The molecule has 0 aromatic heterocycles. The van der Waals surface area contributed by atoms with Crippen molar-refractivity contribution in [1.29, 1.82) is 0 Å². The van der Waals surface area contributed by atoms with E-state index in [-0.39, 0.29) is 31.1 Å².